The van der Waals surface area contributed by atoms with Crippen LogP contribution in [0.4, 0.5) is 0 Å². The molecule has 0 bridgehead atoms. The minimum atomic E-state index is -3.96. The van der Waals surface area contributed by atoms with Crippen molar-refractivity contribution < 1.29 is 21.6 Å². The first kappa shape index (κ1) is 22.3. The molecule has 1 heterocycles. The van der Waals surface area contributed by atoms with E-state index in [9.17, 15) is 16.8 Å². The van der Waals surface area contributed by atoms with Crippen molar-refractivity contribution in [2.45, 2.75) is 22.8 Å². The largest absolute Gasteiger partial charge is 0.497 e. The average Bonchev–Trinajstić information content (AvgIpc) is 3.27. The van der Waals surface area contributed by atoms with Crippen molar-refractivity contribution in [3.05, 3.63) is 101 Å². The Hall–Kier alpha value is -2.94. The summed E-state index contributed by atoms with van der Waals surface area (Å²) in [6, 6.07) is 20.7. The monoisotopic (exact) mass is 469 g/mol. The molecule has 166 valence electrons. The lowest BCUT2D eigenvalue weighted by molar-refractivity contribution is 0.409. The topological polar surface area (TPSA) is 80.8 Å². The molecule has 1 atom stereocenters. The van der Waals surface area contributed by atoms with Crippen LogP contribution in [0.5, 0.6) is 5.75 Å². The van der Waals surface area contributed by atoms with E-state index in [-0.39, 0.29) is 21.2 Å². The molecule has 0 N–H and O–H groups in total. The van der Waals surface area contributed by atoms with Crippen molar-refractivity contribution in [3.8, 4) is 5.75 Å². The molecule has 0 radical (unpaired) electrons. The van der Waals surface area contributed by atoms with Gasteiger partial charge in [-0.3, -0.25) is 0 Å². The van der Waals surface area contributed by atoms with Crippen LogP contribution in [0.1, 0.15) is 17.2 Å². The van der Waals surface area contributed by atoms with E-state index >= 15 is 0 Å². The van der Waals surface area contributed by atoms with Gasteiger partial charge in [-0.1, -0.05) is 48.0 Å². The van der Waals surface area contributed by atoms with Gasteiger partial charge >= 0.3 is 0 Å². The molecule has 0 spiro atoms. The molecule has 3 aromatic carbocycles. The number of sulfone groups is 1. The molecule has 1 aliphatic rings. The lowest BCUT2D eigenvalue weighted by Crippen LogP contribution is -2.32. The van der Waals surface area contributed by atoms with Crippen molar-refractivity contribution in [2.24, 2.45) is 0 Å². The molecule has 6 nitrogen and oxygen atoms in total. The maximum Gasteiger partial charge on any atom is 0.244 e. The summed E-state index contributed by atoms with van der Waals surface area (Å²) >= 11 is 0. The predicted octanol–water partition coefficient (Wildman–Crippen LogP) is 4.11. The second-order valence-corrected chi connectivity index (χ2v) is 11.4. The zero-order valence-electron chi connectivity index (χ0n) is 17.7. The summed E-state index contributed by atoms with van der Waals surface area (Å²) in [6.45, 7) is 1.63. The number of hydrogen-bond donors (Lipinski definition) is 0. The summed E-state index contributed by atoms with van der Waals surface area (Å²) in [5.41, 5.74) is 1.59. The normalized spacial score (nSPS) is 17.2. The summed E-state index contributed by atoms with van der Waals surface area (Å²) in [4.78, 5) is 0.308. The maximum atomic E-state index is 13.5. The number of ether oxygens (including phenoxy) is 1. The fourth-order valence-electron chi connectivity index (χ4n) is 3.63. The van der Waals surface area contributed by atoms with Crippen LogP contribution < -0.4 is 4.74 Å². The van der Waals surface area contributed by atoms with Crippen molar-refractivity contribution in [2.75, 3.05) is 13.7 Å². The van der Waals surface area contributed by atoms with E-state index in [1.54, 1.807) is 73.8 Å². The molecule has 3 aromatic rings. The summed E-state index contributed by atoms with van der Waals surface area (Å²) in [7, 11) is -6.26. The standard InChI is InChI=1S/C24H23NO5S2/c1-18-8-14-22(15-9-18)32(28,29)25-17-23(31(26,27)21-6-4-3-5-7-21)16-24(25)19-10-12-20(30-2)13-11-19/h3-16,24H,17H2,1-2H3/t24-/m0/s1. The van der Waals surface area contributed by atoms with Crippen LogP contribution in [0.15, 0.2) is 99.6 Å². The summed E-state index contributed by atoms with van der Waals surface area (Å²) in [5, 5.41) is 0. The van der Waals surface area contributed by atoms with E-state index in [0.717, 1.165) is 5.56 Å². The first-order valence-corrected chi connectivity index (χ1v) is 12.9. The molecule has 4 rings (SSSR count). The van der Waals surface area contributed by atoms with Crippen LogP contribution in [-0.4, -0.2) is 34.8 Å². The van der Waals surface area contributed by atoms with Gasteiger partial charge in [-0.25, -0.2) is 16.8 Å². The Morgan fingerprint density at radius 1 is 0.812 bits per heavy atom. The zero-order valence-corrected chi connectivity index (χ0v) is 19.3. The Morgan fingerprint density at radius 2 is 1.44 bits per heavy atom. The summed E-state index contributed by atoms with van der Waals surface area (Å²) in [5.74, 6) is 0.626. The Bertz CT molecular complexity index is 1350. The fourth-order valence-corrected chi connectivity index (χ4v) is 6.69. The molecule has 0 aromatic heterocycles. The van der Waals surface area contributed by atoms with E-state index in [1.807, 2.05) is 6.92 Å². The van der Waals surface area contributed by atoms with Gasteiger partial charge in [-0.15, -0.1) is 0 Å². The number of methoxy groups -OCH3 is 1. The molecular weight excluding hydrogens is 446 g/mol. The van der Waals surface area contributed by atoms with Crippen LogP contribution in [0.25, 0.3) is 0 Å². The van der Waals surface area contributed by atoms with Gasteiger partial charge in [0, 0.05) is 0 Å². The van der Waals surface area contributed by atoms with E-state index in [1.165, 1.54) is 22.5 Å². The Labute approximate surface area is 188 Å². The predicted molar refractivity (Wildman–Crippen MR) is 123 cm³/mol. The molecule has 0 saturated carbocycles. The lowest BCUT2D eigenvalue weighted by atomic mass is 10.1. The maximum absolute atomic E-state index is 13.5. The second kappa shape index (κ2) is 8.54. The van der Waals surface area contributed by atoms with Gasteiger partial charge in [0.2, 0.25) is 19.9 Å². The number of rotatable bonds is 6. The molecule has 0 amide bonds. The highest BCUT2D eigenvalue weighted by atomic mass is 32.2. The van der Waals surface area contributed by atoms with Crippen molar-refractivity contribution in [3.63, 3.8) is 0 Å². The molecule has 0 unspecified atom stereocenters. The van der Waals surface area contributed by atoms with Gasteiger partial charge in [0.1, 0.15) is 5.75 Å². The summed E-state index contributed by atoms with van der Waals surface area (Å²) < 4.78 is 60.0. The third kappa shape index (κ3) is 4.09. The van der Waals surface area contributed by atoms with Gasteiger partial charge in [-0.05, 0) is 55.0 Å². The van der Waals surface area contributed by atoms with Crippen molar-refractivity contribution in [1.82, 2.24) is 4.31 Å². The molecule has 0 aliphatic carbocycles. The Morgan fingerprint density at radius 3 is 2.03 bits per heavy atom. The van der Waals surface area contributed by atoms with Gasteiger partial charge in [-0.2, -0.15) is 4.31 Å². The Kier molecular flexibility index (Phi) is 5.94. The number of benzene rings is 3. The Balaban J connectivity index is 1.81. The van der Waals surface area contributed by atoms with Crippen molar-refractivity contribution in [1.29, 1.82) is 0 Å². The first-order valence-electron chi connectivity index (χ1n) is 9.97. The number of aryl methyl sites for hydroxylation is 1. The minimum absolute atomic E-state index is 0.0557. The van der Waals surface area contributed by atoms with Gasteiger partial charge in [0.15, 0.2) is 0 Å². The van der Waals surface area contributed by atoms with Crippen LogP contribution in [0.2, 0.25) is 0 Å². The number of nitrogens with zero attached hydrogens (tertiary/aromatic N) is 1. The number of hydrogen-bond acceptors (Lipinski definition) is 5. The van der Waals surface area contributed by atoms with E-state index in [2.05, 4.69) is 0 Å². The van der Waals surface area contributed by atoms with Crippen LogP contribution in [-0.2, 0) is 19.9 Å². The SMILES string of the molecule is COc1ccc([C@@H]2C=C(S(=O)(=O)c3ccccc3)CN2S(=O)(=O)c2ccc(C)cc2)cc1. The third-order valence-corrected chi connectivity index (χ3v) is 9.14. The lowest BCUT2D eigenvalue weighted by Gasteiger charge is -2.24. The van der Waals surface area contributed by atoms with Gasteiger partial charge < -0.3 is 4.74 Å². The molecule has 0 saturated heterocycles. The minimum Gasteiger partial charge on any atom is -0.497 e. The first-order chi connectivity index (χ1) is 15.2. The summed E-state index contributed by atoms with van der Waals surface area (Å²) in [6.07, 6.45) is 1.52. The third-order valence-electron chi connectivity index (χ3n) is 5.45. The second-order valence-electron chi connectivity index (χ2n) is 7.53. The fraction of sp³-hybridized carbons (Fsp3) is 0.167. The van der Waals surface area contributed by atoms with Crippen molar-refractivity contribution >= 4 is 19.9 Å². The molecule has 0 fully saturated rings. The van der Waals surface area contributed by atoms with Gasteiger partial charge in [0.05, 0.1) is 34.4 Å². The molecular formula is C24H23NO5S2. The van der Waals surface area contributed by atoms with Crippen LogP contribution in [0, 0.1) is 6.92 Å². The van der Waals surface area contributed by atoms with Gasteiger partial charge in [0.25, 0.3) is 0 Å². The molecule has 8 heteroatoms. The van der Waals surface area contributed by atoms with E-state index in [4.69, 9.17) is 4.74 Å². The highest BCUT2D eigenvalue weighted by Crippen LogP contribution is 2.38. The quantitative estimate of drug-likeness (QED) is 0.543. The van der Waals surface area contributed by atoms with Crippen LogP contribution in [0.3, 0.4) is 0 Å². The molecule has 1 aliphatic heterocycles. The highest BCUT2D eigenvalue weighted by Gasteiger charge is 2.40. The molecule has 32 heavy (non-hydrogen) atoms. The van der Waals surface area contributed by atoms with Crippen LogP contribution >= 0.6 is 0 Å². The zero-order chi connectivity index (χ0) is 22.9. The number of sulfonamides is 1. The highest BCUT2D eigenvalue weighted by molar-refractivity contribution is 7.95. The van der Waals surface area contributed by atoms with E-state index in [0.29, 0.717) is 11.3 Å². The van der Waals surface area contributed by atoms with E-state index < -0.39 is 25.9 Å². The smallest absolute Gasteiger partial charge is 0.244 e. The average molecular weight is 470 g/mol.